The lowest BCUT2D eigenvalue weighted by molar-refractivity contribution is 0.0685. The number of carboxylic acids is 1. The second kappa shape index (κ2) is 10.4. The van der Waals surface area contributed by atoms with Crippen LogP contribution in [-0.4, -0.2) is 64.6 Å². The van der Waals surface area contributed by atoms with E-state index in [0.717, 1.165) is 40.4 Å². The first-order valence-corrected chi connectivity index (χ1v) is 12.9. The van der Waals surface area contributed by atoms with Crippen LogP contribution >= 0.6 is 15.9 Å². The summed E-state index contributed by atoms with van der Waals surface area (Å²) in [4.78, 5) is 29.2. The van der Waals surface area contributed by atoms with Gasteiger partial charge in [0.2, 0.25) is 0 Å². The van der Waals surface area contributed by atoms with E-state index in [9.17, 15) is 14.7 Å². The van der Waals surface area contributed by atoms with Gasteiger partial charge in [0.05, 0.1) is 5.52 Å². The number of carbonyl (C=O) groups excluding carboxylic acids is 1. The van der Waals surface area contributed by atoms with Crippen LogP contribution in [0.1, 0.15) is 32.8 Å². The van der Waals surface area contributed by atoms with Crippen LogP contribution in [0.5, 0.6) is 11.5 Å². The van der Waals surface area contributed by atoms with Crippen molar-refractivity contribution in [3.63, 3.8) is 0 Å². The van der Waals surface area contributed by atoms with Gasteiger partial charge in [0, 0.05) is 47.7 Å². The molecule has 1 unspecified atom stereocenters. The fraction of sp³-hybridized carbons (Fsp3) is 0.241. The van der Waals surface area contributed by atoms with Crippen LogP contribution in [0.2, 0.25) is 0 Å². The highest BCUT2D eigenvalue weighted by atomic mass is 79.9. The second-order valence-electron chi connectivity index (χ2n) is 9.49. The van der Waals surface area contributed by atoms with E-state index in [1.165, 1.54) is 0 Å². The van der Waals surface area contributed by atoms with Crippen molar-refractivity contribution in [2.24, 2.45) is 0 Å². The van der Waals surface area contributed by atoms with Gasteiger partial charge in [0.1, 0.15) is 17.2 Å². The summed E-state index contributed by atoms with van der Waals surface area (Å²) in [6, 6.07) is 22.4. The first-order valence-electron chi connectivity index (χ1n) is 12.1. The Labute approximate surface area is 224 Å². The molecule has 1 N–H and O–H groups in total. The zero-order valence-corrected chi connectivity index (χ0v) is 22.3. The fourth-order valence-electron chi connectivity index (χ4n) is 4.85. The van der Waals surface area contributed by atoms with Gasteiger partial charge in [0.15, 0.2) is 0 Å². The summed E-state index contributed by atoms with van der Waals surface area (Å²) in [5.41, 5.74) is 2.43. The molecule has 0 aliphatic carbocycles. The maximum atomic E-state index is 13.0. The van der Waals surface area contributed by atoms with Gasteiger partial charge in [-0.25, -0.2) is 4.79 Å². The number of aromatic nitrogens is 1. The largest absolute Gasteiger partial charge is 0.477 e. The molecule has 5 rings (SSSR count). The summed E-state index contributed by atoms with van der Waals surface area (Å²) in [6.45, 7) is 2.21. The maximum absolute atomic E-state index is 13.0. The Bertz CT molecular complexity index is 1450. The Morgan fingerprint density at radius 2 is 1.78 bits per heavy atom. The third-order valence-corrected chi connectivity index (χ3v) is 7.57. The van der Waals surface area contributed by atoms with Gasteiger partial charge in [-0.1, -0.05) is 30.3 Å². The number of halogens is 1. The van der Waals surface area contributed by atoms with Crippen molar-refractivity contribution in [3.05, 3.63) is 94.1 Å². The van der Waals surface area contributed by atoms with Crippen LogP contribution in [0.15, 0.2) is 77.3 Å². The van der Waals surface area contributed by atoms with Crippen molar-refractivity contribution in [3.8, 4) is 11.5 Å². The van der Waals surface area contributed by atoms with Crippen molar-refractivity contribution < 1.29 is 19.4 Å². The minimum absolute atomic E-state index is 0.00359. The number of ether oxygens (including phenoxy) is 1. The Morgan fingerprint density at radius 1 is 1.05 bits per heavy atom. The second-order valence-corrected chi connectivity index (χ2v) is 10.3. The molecule has 0 saturated carbocycles. The standard InChI is InChI=1S/C29H28BrN3O4/c1-31-13-12-21(18-31)32(2)28(34)20-10-8-19(9-11-20)17-33-26-15-23(37-22-6-4-3-5-7-22)14-25(30)24(26)16-27(33)29(35)36/h3-11,14-16,21H,12-13,17-18H2,1-2H3,(H,35,36). The molecule has 1 aromatic heterocycles. The zero-order valence-electron chi connectivity index (χ0n) is 20.7. The molecule has 3 aromatic carbocycles. The number of benzene rings is 3. The number of rotatable bonds is 7. The molecular weight excluding hydrogens is 534 g/mol. The Balaban J connectivity index is 1.42. The molecule has 1 aliphatic rings. The normalized spacial score (nSPS) is 15.7. The average Bonchev–Trinajstić information content (AvgIpc) is 3.48. The van der Waals surface area contributed by atoms with Gasteiger partial charge in [0.25, 0.3) is 5.91 Å². The topological polar surface area (TPSA) is 75.0 Å². The Kier molecular flexibility index (Phi) is 7.04. The van der Waals surface area contributed by atoms with Crippen molar-refractivity contribution in [2.75, 3.05) is 27.2 Å². The molecular formula is C29H28BrN3O4. The van der Waals surface area contributed by atoms with Crippen LogP contribution in [-0.2, 0) is 6.54 Å². The number of likely N-dealkylation sites (tertiary alicyclic amines) is 1. The van der Waals surface area contributed by atoms with Crippen molar-refractivity contribution >= 4 is 38.7 Å². The number of para-hydroxylation sites is 1. The Morgan fingerprint density at radius 3 is 2.43 bits per heavy atom. The van der Waals surface area contributed by atoms with E-state index in [4.69, 9.17) is 4.74 Å². The van der Waals surface area contributed by atoms with E-state index in [0.29, 0.717) is 23.6 Å². The predicted molar refractivity (Wildman–Crippen MR) is 147 cm³/mol. The molecule has 7 nitrogen and oxygen atoms in total. The maximum Gasteiger partial charge on any atom is 0.352 e. The molecule has 0 spiro atoms. The number of aromatic carboxylic acids is 1. The van der Waals surface area contributed by atoms with Crippen molar-refractivity contribution in [2.45, 2.75) is 19.0 Å². The molecule has 4 aromatic rings. The number of likely N-dealkylation sites (N-methyl/N-ethyl adjacent to an activating group) is 2. The number of hydrogen-bond donors (Lipinski definition) is 1. The highest BCUT2D eigenvalue weighted by molar-refractivity contribution is 9.10. The van der Waals surface area contributed by atoms with Gasteiger partial charge in [-0.3, -0.25) is 4.79 Å². The molecule has 0 radical (unpaired) electrons. The molecule has 1 fully saturated rings. The van der Waals surface area contributed by atoms with E-state index in [-0.39, 0.29) is 17.6 Å². The first-order chi connectivity index (χ1) is 17.8. The lowest BCUT2D eigenvalue weighted by atomic mass is 10.1. The molecule has 1 aliphatic heterocycles. The summed E-state index contributed by atoms with van der Waals surface area (Å²) in [6.07, 6.45) is 0.973. The number of fused-ring (bicyclic) bond motifs is 1. The van der Waals surface area contributed by atoms with Crippen LogP contribution < -0.4 is 4.74 Å². The van der Waals surface area contributed by atoms with E-state index >= 15 is 0 Å². The minimum atomic E-state index is -1.01. The van der Waals surface area contributed by atoms with Gasteiger partial charge < -0.3 is 24.2 Å². The summed E-state index contributed by atoms with van der Waals surface area (Å²) < 4.78 is 8.53. The van der Waals surface area contributed by atoms with Crippen LogP contribution in [0.3, 0.4) is 0 Å². The highest BCUT2D eigenvalue weighted by Gasteiger charge is 2.27. The van der Waals surface area contributed by atoms with Gasteiger partial charge >= 0.3 is 5.97 Å². The summed E-state index contributed by atoms with van der Waals surface area (Å²) in [5, 5.41) is 10.7. The van der Waals surface area contributed by atoms with Gasteiger partial charge in [-0.15, -0.1) is 0 Å². The minimum Gasteiger partial charge on any atom is -0.477 e. The lowest BCUT2D eigenvalue weighted by Crippen LogP contribution is -2.38. The molecule has 37 heavy (non-hydrogen) atoms. The quantitative estimate of drug-likeness (QED) is 0.312. The van der Waals surface area contributed by atoms with E-state index in [1.54, 1.807) is 10.6 Å². The van der Waals surface area contributed by atoms with E-state index in [1.807, 2.05) is 78.7 Å². The van der Waals surface area contributed by atoms with Crippen LogP contribution in [0.4, 0.5) is 0 Å². The number of carbonyl (C=O) groups is 2. The fourth-order valence-corrected chi connectivity index (χ4v) is 5.40. The monoisotopic (exact) mass is 561 g/mol. The van der Waals surface area contributed by atoms with Crippen molar-refractivity contribution in [1.29, 1.82) is 0 Å². The van der Waals surface area contributed by atoms with Gasteiger partial charge in [-0.2, -0.15) is 0 Å². The summed E-state index contributed by atoms with van der Waals surface area (Å²) in [7, 11) is 3.93. The molecule has 2 heterocycles. The third-order valence-electron chi connectivity index (χ3n) is 6.92. The molecule has 1 atom stereocenters. The molecule has 0 bridgehead atoms. The summed E-state index contributed by atoms with van der Waals surface area (Å²) in [5.74, 6) is 0.280. The average molecular weight is 562 g/mol. The Hall–Kier alpha value is -3.62. The summed E-state index contributed by atoms with van der Waals surface area (Å²) >= 11 is 3.58. The SMILES string of the molecule is CN1CCC(N(C)C(=O)c2ccc(Cn3c(C(=O)O)cc4c(Br)cc(Oc5ccccc5)cc43)cc2)C1. The number of amides is 1. The lowest BCUT2D eigenvalue weighted by Gasteiger charge is -2.24. The third kappa shape index (κ3) is 5.26. The number of nitrogens with zero attached hydrogens (tertiary/aromatic N) is 3. The molecule has 1 saturated heterocycles. The molecule has 1 amide bonds. The van der Waals surface area contributed by atoms with Crippen LogP contribution in [0.25, 0.3) is 10.9 Å². The number of carboxylic acid groups (broad SMARTS) is 1. The smallest absolute Gasteiger partial charge is 0.352 e. The van der Waals surface area contributed by atoms with Crippen LogP contribution in [0, 0.1) is 0 Å². The molecule has 8 heteroatoms. The van der Waals surface area contributed by atoms with Crippen molar-refractivity contribution in [1.82, 2.24) is 14.4 Å². The highest BCUT2D eigenvalue weighted by Crippen LogP contribution is 2.34. The predicted octanol–water partition coefficient (Wildman–Crippen LogP) is 5.72. The zero-order chi connectivity index (χ0) is 26.1. The molecule has 190 valence electrons. The van der Waals surface area contributed by atoms with E-state index < -0.39 is 5.97 Å². The van der Waals surface area contributed by atoms with Gasteiger partial charge in [-0.05, 0) is 77.9 Å². The number of hydrogen-bond acceptors (Lipinski definition) is 4. The van der Waals surface area contributed by atoms with E-state index in [2.05, 4.69) is 27.9 Å². The first kappa shape index (κ1) is 25.0.